The molecule has 2 rings (SSSR count). The number of nitrogens with one attached hydrogen (secondary N) is 2. The zero-order valence-electron chi connectivity index (χ0n) is 22.0. The van der Waals surface area contributed by atoms with Gasteiger partial charge in [0.25, 0.3) is 0 Å². The molecule has 0 radical (unpaired) electrons. The van der Waals surface area contributed by atoms with Crippen LogP contribution >= 0.6 is 0 Å². The van der Waals surface area contributed by atoms with E-state index < -0.39 is 29.2 Å². The Morgan fingerprint density at radius 1 is 0.750 bits per heavy atom. The topological polar surface area (TPSA) is 120 Å². The quantitative estimate of drug-likeness (QED) is 0.399. The molecule has 0 bridgehead atoms. The van der Waals surface area contributed by atoms with Crippen LogP contribution in [-0.2, 0) is 14.3 Å². The van der Waals surface area contributed by atoms with E-state index >= 15 is 0 Å². The van der Waals surface area contributed by atoms with Crippen LogP contribution in [0.5, 0.6) is 11.5 Å². The number of Topliss-reactive ketones (excluding diaryl/α,β-unsaturated/α-hetero) is 1. The van der Waals surface area contributed by atoms with Crippen LogP contribution < -0.4 is 20.1 Å². The fraction of sp³-hybridized carbons (Fsp3) is 0.407. The van der Waals surface area contributed by atoms with Crippen LogP contribution in [-0.4, -0.2) is 44.4 Å². The van der Waals surface area contributed by atoms with Crippen LogP contribution in [0.15, 0.2) is 36.4 Å². The largest absolute Gasteiger partial charge is 0.493 e. The van der Waals surface area contributed by atoms with Crippen LogP contribution in [0, 0.1) is 10.8 Å². The number of anilines is 2. The highest BCUT2D eigenvalue weighted by molar-refractivity contribution is 6.05. The molecule has 36 heavy (non-hydrogen) atoms. The van der Waals surface area contributed by atoms with Gasteiger partial charge in [-0.2, -0.15) is 0 Å². The van der Waals surface area contributed by atoms with Crippen molar-refractivity contribution >= 4 is 34.9 Å². The summed E-state index contributed by atoms with van der Waals surface area (Å²) in [5.74, 6) is -1.15. The van der Waals surface area contributed by atoms with Gasteiger partial charge in [-0.25, -0.2) is 4.79 Å². The first kappa shape index (κ1) is 28.4. The minimum atomic E-state index is -0.817. The molecule has 194 valence electrons. The van der Waals surface area contributed by atoms with Crippen molar-refractivity contribution in [3.63, 3.8) is 0 Å². The summed E-state index contributed by atoms with van der Waals surface area (Å²) in [6.45, 7) is 10.1. The Balaban J connectivity index is 2.18. The maximum absolute atomic E-state index is 12.9. The first-order valence-corrected chi connectivity index (χ1v) is 11.4. The summed E-state index contributed by atoms with van der Waals surface area (Å²) >= 11 is 0. The monoisotopic (exact) mass is 498 g/mol. The Labute approximate surface area is 211 Å². The van der Waals surface area contributed by atoms with Crippen molar-refractivity contribution in [1.29, 1.82) is 0 Å². The lowest BCUT2D eigenvalue weighted by molar-refractivity contribution is -0.123. The normalized spacial score (nSPS) is 11.3. The van der Waals surface area contributed by atoms with Crippen molar-refractivity contribution in [3.8, 4) is 11.5 Å². The van der Waals surface area contributed by atoms with Gasteiger partial charge in [0, 0.05) is 34.2 Å². The molecule has 0 aromatic heterocycles. The van der Waals surface area contributed by atoms with Gasteiger partial charge in [-0.15, -0.1) is 0 Å². The summed E-state index contributed by atoms with van der Waals surface area (Å²) in [5.41, 5.74) is -0.235. The van der Waals surface area contributed by atoms with E-state index in [1.165, 1.54) is 26.4 Å². The maximum atomic E-state index is 12.9. The summed E-state index contributed by atoms with van der Waals surface area (Å²) in [5, 5.41) is 5.49. The van der Waals surface area contributed by atoms with E-state index in [0.717, 1.165) is 0 Å². The van der Waals surface area contributed by atoms with Crippen LogP contribution in [0.25, 0.3) is 0 Å². The Bertz CT molecular complexity index is 1140. The summed E-state index contributed by atoms with van der Waals surface area (Å²) in [6, 6.07) is 9.14. The second-order valence-corrected chi connectivity index (χ2v) is 10.2. The third kappa shape index (κ3) is 7.31. The number of esters is 1. The number of ether oxygens (including phenoxy) is 3. The number of methoxy groups -OCH3 is 2. The van der Waals surface area contributed by atoms with Crippen molar-refractivity contribution < 1.29 is 33.4 Å². The van der Waals surface area contributed by atoms with Crippen molar-refractivity contribution in [3.05, 3.63) is 47.5 Å². The number of carbonyl (C=O) groups excluding carboxylic acids is 4. The van der Waals surface area contributed by atoms with Gasteiger partial charge in [0.05, 0.1) is 25.5 Å². The van der Waals surface area contributed by atoms with E-state index in [0.29, 0.717) is 17.0 Å². The molecule has 0 fully saturated rings. The van der Waals surface area contributed by atoms with Crippen LogP contribution in [0.3, 0.4) is 0 Å². The molecule has 9 nitrogen and oxygen atoms in total. The SMILES string of the molecule is COc1cc(NC(=O)C(C)(C)C)c(C(=O)OCC(=O)c2ccc(NC(=O)C(C)(C)C)cc2)cc1OC. The molecule has 0 spiro atoms. The van der Waals surface area contributed by atoms with Gasteiger partial charge in [0.1, 0.15) is 0 Å². The van der Waals surface area contributed by atoms with Gasteiger partial charge in [-0.05, 0) is 24.3 Å². The lowest BCUT2D eigenvalue weighted by Crippen LogP contribution is -2.28. The average molecular weight is 499 g/mol. The number of ketones is 1. The standard InChI is InChI=1S/C27H34N2O7/c1-26(2,3)24(32)28-17-11-9-16(10-12-17)20(30)15-36-23(31)18-13-21(34-7)22(35-8)14-19(18)29-25(33)27(4,5)6/h9-14H,15H2,1-8H3,(H,28,32)(H,29,33). The molecule has 2 aromatic carbocycles. The highest BCUT2D eigenvalue weighted by Gasteiger charge is 2.26. The second-order valence-electron chi connectivity index (χ2n) is 10.2. The van der Waals surface area contributed by atoms with Crippen LogP contribution in [0.1, 0.15) is 62.3 Å². The first-order valence-electron chi connectivity index (χ1n) is 11.4. The van der Waals surface area contributed by atoms with Crippen molar-refractivity contribution in [2.24, 2.45) is 10.8 Å². The van der Waals surface area contributed by atoms with Crippen LogP contribution in [0.2, 0.25) is 0 Å². The maximum Gasteiger partial charge on any atom is 0.340 e. The van der Waals surface area contributed by atoms with Gasteiger partial charge in [0.2, 0.25) is 11.8 Å². The average Bonchev–Trinajstić information content (AvgIpc) is 2.81. The minimum Gasteiger partial charge on any atom is -0.493 e. The lowest BCUT2D eigenvalue weighted by atomic mass is 9.95. The van der Waals surface area contributed by atoms with Crippen molar-refractivity contribution in [2.45, 2.75) is 41.5 Å². The third-order valence-corrected chi connectivity index (χ3v) is 5.15. The Morgan fingerprint density at radius 3 is 1.75 bits per heavy atom. The summed E-state index contributed by atoms with van der Waals surface area (Å²) in [6.07, 6.45) is 0. The van der Waals surface area contributed by atoms with E-state index in [9.17, 15) is 19.2 Å². The molecular weight excluding hydrogens is 464 g/mol. The van der Waals surface area contributed by atoms with Gasteiger partial charge < -0.3 is 24.8 Å². The number of carbonyl (C=O) groups is 4. The van der Waals surface area contributed by atoms with Crippen molar-refractivity contribution in [2.75, 3.05) is 31.5 Å². The number of rotatable bonds is 8. The predicted molar refractivity (Wildman–Crippen MR) is 137 cm³/mol. The van der Waals surface area contributed by atoms with Gasteiger partial charge in [0.15, 0.2) is 23.9 Å². The van der Waals surface area contributed by atoms with E-state index in [1.54, 1.807) is 65.8 Å². The number of amides is 2. The fourth-order valence-electron chi connectivity index (χ4n) is 2.81. The Hall–Kier alpha value is -3.88. The molecule has 0 saturated carbocycles. The van der Waals surface area contributed by atoms with E-state index in [2.05, 4.69) is 10.6 Å². The molecule has 0 atom stereocenters. The second kappa shape index (κ2) is 11.2. The predicted octanol–water partition coefficient (Wildman–Crippen LogP) is 4.71. The zero-order valence-corrected chi connectivity index (χ0v) is 22.0. The molecule has 0 heterocycles. The van der Waals surface area contributed by atoms with E-state index in [-0.39, 0.29) is 28.8 Å². The fourth-order valence-corrected chi connectivity index (χ4v) is 2.81. The van der Waals surface area contributed by atoms with Crippen LogP contribution in [0.4, 0.5) is 11.4 Å². The molecule has 0 unspecified atom stereocenters. The number of benzene rings is 2. The lowest BCUT2D eigenvalue weighted by Gasteiger charge is -2.20. The highest BCUT2D eigenvalue weighted by atomic mass is 16.5. The molecule has 2 amide bonds. The number of hydrogen-bond donors (Lipinski definition) is 2. The van der Waals surface area contributed by atoms with E-state index in [1.807, 2.05) is 0 Å². The highest BCUT2D eigenvalue weighted by Crippen LogP contribution is 2.34. The molecule has 0 saturated heterocycles. The van der Waals surface area contributed by atoms with Gasteiger partial charge in [-0.3, -0.25) is 14.4 Å². The summed E-state index contributed by atoms with van der Waals surface area (Å²) < 4.78 is 15.8. The number of hydrogen-bond acceptors (Lipinski definition) is 7. The molecule has 2 aromatic rings. The molecule has 9 heteroatoms. The molecule has 0 aliphatic heterocycles. The molecular formula is C27H34N2O7. The zero-order chi connectivity index (χ0) is 27.3. The summed E-state index contributed by atoms with van der Waals surface area (Å²) in [4.78, 5) is 50.2. The Morgan fingerprint density at radius 2 is 1.25 bits per heavy atom. The smallest absolute Gasteiger partial charge is 0.340 e. The molecule has 0 aliphatic carbocycles. The summed E-state index contributed by atoms with van der Waals surface area (Å²) in [7, 11) is 2.85. The van der Waals surface area contributed by atoms with Crippen molar-refractivity contribution in [1.82, 2.24) is 0 Å². The Kier molecular flexibility index (Phi) is 8.85. The third-order valence-electron chi connectivity index (χ3n) is 5.15. The molecule has 0 aliphatic rings. The van der Waals surface area contributed by atoms with Gasteiger partial charge >= 0.3 is 5.97 Å². The van der Waals surface area contributed by atoms with Gasteiger partial charge in [-0.1, -0.05) is 41.5 Å². The first-order chi connectivity index (χ1) is 16.7. The molecule has 2 N–H and O–H groups in total. The minimum absolute atomic E-state index is 0.0123. The van der Waals surface area contributed by atoms with E-state index in [4.69, 9.17) is 14.2 Å².